The van der Waals surface area contributed by atoms with E-state index in [-0.39, 0.29) is 5.56 Å². The van der Waals surface area contributed by atoms with E-state index >= 15 is 0 Å². The zero-order valence-electron chi connectivity index (χ0n) is 7.31. The summed E-state index contributed by atoms with van der Waals surface area (Å²) in [5.41, 5.74) is -0.278. The van der Waals surface area contributed by atoms with Gasteiger partial charge in [0.1, 0.15) is 11.6 Å². The molecule has 2 nitrogen and oxygen atoms in total. The Bertz CT molecular complexity index is 343. The molecule has 1 aromatic rings. The lowest BCUT2D eigenvalue weighted by Gasteiger charge is -2.04. The van der Waals surface area contributed by atoms with E-state index in [0.717, 1.165) is 19.2 Å². The minimum Gasteiger partial charge on any atom is -0.469 e. The van der Waals surface area contributed by atoms with Crippen LogP contribution in [-0.4, -0.2) is 13.1 Å². The topological polar surface area (TPSA) is 26.3 Å². The second-order valence-corrected chi connectivity index (χ2v) is 3.52. The van der Waals surface area contributed by atoms with E-state index in [1.807, 2.05) is 0 Å². The van der Waals surface area contributed by atoms with Crippen LogP contribution in [0.4, 0.5) is 8.78 Å². The maximum absolute atomic E-state index is 13.1. The first-order valence-electron chi connectivity index (χ1n) is 3.75. The molecule has 1 rings (SSSR count). The number of esters is 1. The molecule has 0 heterocycles. The molecule has 0 saturated heterocycles. The van der Waals surface area contributed by atoms with Crippen molar-refractivity contribution in [2.45, 2.75) is 6.42 Å². The van der Waals surface area contributed by atoms with E-state index in [0.29, 0.717) is 4.47 Å². The number of halogens is 3. The van der Waals surface area contributed by atoms with Gasteiger partial charge in [-0.3, -0.25) is 4.79 Å². The summed E-state index contributed by atoms with van der Waals surface area (Å²) in [7, 11) is 1.16. The Morgan fingerprint density at radius 1 is 1.43 bits per heavy atom. The predicted molar refractivity (Wildman–Crippen MR) is 49.8 cm³/mol. The molecule has 0 spiro atoms. The van der Waals surface area contributed by atoms with E-state index in [4.69, 9.17) is 0 Å². The minimum absolute atomic E-state index is 0.278. The lowest BCUT2D eigenvalue weighted by atomic mass is 10.1. The molecule has 0 atom stereocenters. The fourth-order valence-corrected chi connectivity index (χ4v) is 1.36. The van der Waals surface area contributed by atoms with Crippen LogP contribution in [0.15, 0.2) is 16.6 Å². The molecule has 76 valence electrons. The fraction of sp³-hybridized carbons (Fsp3) is 0.222. The number of carbonyl (C=O) groups is 1. The number of carbonyl (C=O) groups excluding carboxylic acids is 1. The maximum Gasteiger partial charge on any atom is 0.310 e. The molecule has 5 heteroatoms. The molecule has 14 heavy (non-hydrogen) atoms. The Labute approximate surface area is 88.0 Å². The molecule has 0 fully saturated rings. The van der Waals surface area contributed by atoms with Crippen molar-refractivity contribution in [2.75, 3.05) is 7.11 Å². The molecule has 1 aromatic carbocycles. The Kier molecular flexibility index (Phi) is 3.57. The number of rotatable bonds is 2. The van der Waals surface area contributed by atoms with Gasteiger partial charge in [0, 0.05) is 10.0 Å². The van der Waals surface area contributed by atoms with Crippen molar-refractivity contribution in [3.63, 3.8) is 0 Å². The second-order valence-electron chi connectivity index (χ2n) is 2.60. The highest BCUT2D eigenvalue weighted by Gasteiger charge is 2.14. The molecular weight excluding hydrogens is 258 g/mol. The van der Waals surface area contributed by atoms with Gasteiger partial charge in [0.25, 0.3) is 0 Å². The van der Waals surface area contributed by atoms with Crippen LogP contribution < -0.4 is 0 Å². The first kappa shape index (κ1) is 11.1. The van der Waals surface area contributed by atoms with Crippen LogP contribution >= 0.6 is 15.9 Å². The highest BCUT2D eigenvalue weighted by Crippen LogP contribution is 2.19. The highest BCUT2D eigenvalue weighted by molar-refractivity contribution is 9.10. The van der Waals surface area contributed by atoms with Crippen LogP contribution in [0.5, 0.6) is 0 Å². The highest BCUT2D eigenvalue weighted by atomic mass is 79.9. The number of methoxy groups -OCH3 is 1. The Morgan fingerprint density at radius 3 is 2.36 bits per heavy atom. The van der Waals surface area contributed by atoms with Gasteiger partial charge in [0.2, 0.25) is 0 Å². The van der Waals surface area contributed by atoms with E-state index in [9.17, 15) is 13.6 Å². The van der Waals surface area contributed by atoms with E-state index in [1.165, 1.54) is 0 Å². The summed E-state index contributed by atoms with van der Waals surface area (Å²) < 4.78 is 30.9. The molecule has 0 saturated carbocycles. The summed E-state index contributed by atoms with van der Waals surface area (Å²) in [6.07, 6.45) is -0.401. The minimum atomic E-state index is -0.762. The zero-order valence-corrected chi connectivity index (χ0v) is 8.90. The van der Waals surface area contributed by atoms with E-state index < -0.39 is 24.0 Å². The summed E-state index contributed by atoms with van der Waals surface area (Å²) in [5.74, 6) is -2.20. The van der Waals surface area contributed by atoms with Gasteiger partial charge in [0.15, 0.2) is 0 Å². The summed E-state index contributed by atoms with van der Waals surface area (Å²) in [4.78, 5) is 10.8. The standard InChI is InChI=1S/C9H7BrF2O2/c1-14-9(13)4-6-7(11)2-5(10)3-8(6)12/h2-3H,4H2,1H3. The van der Waals surface area contributed by atoms with E-state index in [1.54, 1.807) is 0 Å². The average Bonchev–Trinajstić information content (AvgIpc) is 2.10. The van der Waals surface area contributed by atoms with Crippen molar-refractivity contribution in [1.29, 1.82) is 0 Å². The summed E-state index contributed by atoms with van der Waals surface area (Å²) >= 11 is 2.93. The summed E-state index contributed by atoms with van der Waals surface area (Å²) in [6.45, 7) is 0. The summed E-state index contributed by atoms with van der Waals surface area (Å²) in [5, 5.41) is 0. The molecule has 0 aliphatic rings. The molecular formula is C9H7BrF2O2. The first-order chi connectivity index (χ1) is 6.54. The molecule has 0 unspecified atom stereocenters. The number of hydrogen-bond donors (Lipinski definition) is 0. The van der Waals surface area contributed by atoms with Crippen molar-refractivity contribution in [1.82, 2.24) is 0 Å². The van der Waals surface area contributed by atoms with Gasteiger partial charge in [0.05, 0.1) is 13.5 Å². The van der Waals surface area contributed by atoms with Crippen molar-refractivity contribution >= 4 is 21.9 Å². The van der Waals surface area contributed by atoms with Gasteiger partial charge in [-0.25, -0.2) is 8.78 Å². The van der Waals surface area contributed by atoms with Gasteiger partial charge < -0.3 is 4.74 Å². The van der Waals surface area contributed by atoms with Crippen molar-refractivity contribution in [2.24, 2.45) is 0 Å². The van der Waals surface area contributed by atoms with Gasteiger partial charge in [-0.2, -0.15) is 0 Å². The maximum atomic E-state index is 13.1. The van der Waals surface area contributed by atoms with Crippen LogP contribution in [0, 0.1) is 11.6 Å². The monoisotopic (exact) mass is 264 g/mol. The van der Waals surface area contributed by atoms with Gasteiger partial charge in [-0.05, 0) is 12.1 Å². The molecule has 0 amide bonds. The first-order valence-corrected chi connectivity index (χ1v) is 4.54. The number of ether oxygens (including phenoxy) is 1. The van der Waals surface area contributed by atoms with Gasteiger partial charge >= 0.3 is 5.97 Å². The normalized spacial score (nSPS) is 10.0. The zero-order chi connectivity index (χ0) is 10.7. The Morgan fingerprint density at radius 2 is 1.93 bits per heavy atom. The predicted octanol–water partition coefficient (Wildman–Crippen LogP) is 2.44. The molecule has 0 bridgehead atoms. The number of hydrogen-bond acceptors (Lipinski definition) is 2. The molecule has 0 N–H and O–H groups in total. The van der Waals surface area contributed by atoms with Gasteiger partial charge in [-0.15, -0.1) is 0 Å². The molecule has 0 aliphatic heterocycles. The van der Waals surface area contributed by atoms with Crippen LogP contribution in [0.25, 0.3) is 0 Å². The third-order valence-electron chi connectivity index (χ3n) is 1.65. The van der Waals surface area contributed by atoms with E-state index in [2.05, 4.69) is 20.7 Å². The van der Waals surface area contributed by atoms with Crippen LogP contribution in [0.1, 0.15) is 5.56 Å². The molecule has 0 aliphatic carbocycles. The van der Waals surface area contributed by atoms with Crippen molar-refractivity contribution in [3.8, 4) is 0 Å². The second kappa shape index (κ2) is 4.50. The molecule has 0 radical (unpaired) electrons. The molecule has 0 aromatic heterocycles. The van der Waals surface area contributed by atoms with Crippen molar-refractivity contribution < 1.29 is 18.3 Å². The van der Waals surface area contributed by atoms with Crippen LogP contribution in [0.2, 0.25) is 0 Å². The number of benzene rings is 1. The quantitative estimate of drug-likeness (QED) is 0.768. The van der Waals surface area contributed by atoms with Gasteiger partial charge in [-0.1, -0.05) is 15.9 Å². The lowest BCUT2D eigenvalue weighted by Crippen LogP contribution is -2.08. The fourth-order valence-electron chi connectivity index (χ4n) is 0.957. The van der Waals surface area contributed by atoms with Crippen LogP contribution in [-0.2, 0) is 16.0 Å². The van der Waals surface area contributed by atoms with Crippen LogP contribution in [0.3, 0.4) is 0 Å². The smallest absolute Gasteiger partial charge is 0.310 e. The lowest BCUT2D eigenvalue weighted by molar-refractivity contribution is -0.139. The average molecular weight is 265 g/mol. The summed E-state index contributed by atoms with van der Waals surface area (Å²) in [6, 6.07) is 2.20. The van der Waals surface area contributed by atoms with Crippen molar-refractivity contribution in [3.05, 3.63) is 33.8 Å². The Hall–Kier alpha value is -0.970. The third kappa shape index (κ3) is 2.51. The third-order valence-corrected chi connectivity index (χ3v) is 2.11. The Balaban J connectivity index is 3.02. The largest absolute Gasteiger partial charge is 0.469 e. The SMILES string of the molecule is COC(=O)Cc1c(F)cc(Br)cc1F.